The Bertz CT molecular complexity index is 2650. The molecule has 7 aromatic rings. The van der Waals surface area contributed by atoms with Crippen LogP contribution in [-0.2, 0) is 6.42 Å². The van der Waals surface area contributed by atoms with Gasteiger partial charge in [0.1, 0.15) is 11.5 Å². The molecule has 6 aromatic carbocycles. The van der Waals surface area contributed by atoms with Gasteiger partial charge in [-0.05, 0) is 105 Å². The summed E-state index contributed by atoms with van der Waals surface area (Å²) < 4.78 is 9.15. The Morgan fingerprint density at radius 1 is 0.680 bits per heavy atom. The quantitative estimate of drug-likeness (QED) is 0.122. The largest absolute Gasteiger partial charge is 0.460 e. The van der Waals surface area contributed by atoms with Gasteiger partial charge in [0, 0.05) is 37.5 Å². The van der Waals surface area contributed by atoms with E-state index in [1.54, 1.807) is 0 Å². The average Bonchev–Trinajstić information content (AvgIpc) is 3.74. The number of ether oxygens (including phenoxy) is 1. The van der Waals surface area contributed by atoms with E-state index in [4.69, 9.17) is 4.74 Å². The molecule has 0 radical (unpaired) electrons. The summed E-state index contributed by atoms with van der Waals surface area (Å²) in [4.78, 5) is 0. The summed E-state index contributed by atoms with van der Waals surface area (Å²) in [5.74, 6) is 1.92. The van der Waals surface area contributed by atoms with E-state index in [9.17, 15) is 0 Å². The molecule has 1 aliphatic heterocycles. The molecule has 0 aliphatic carbocycles. The molecule has 2 heterocycles. The lowest BCUT2D eigenvalue weighted by Crippen LogP contribution is -1.94. The zero-order valence-corrected chi connectivity index (χ0v) is 29.5. The standard InChI is InChI=1S/C48H38OS/c1-6-7-14-32(4)46-38-16-8-10-18-40(38)47(41-19-11-9-17-39(41)46)33(5)22-21-30(2)31(3)23-26-36-27-35-25-24-34-28-45-43(29-42(34)48(35)49-36)37-15-12-13-20-44(37)50-45/h6-26,28-29H,2,5,27H2,1,3-4H3/b7-6-,22-21-,31-23+,32-14+,36-26+. The van der Waals surface area contributed by atoms with Crippen LogP contribution >= 0.6 is 11.3 Å². The monoisotopic (exact) mass is 662 g/mol. The Hall–Kier alpha value is -5.70. The van der Waals surface area contributed by atoms with Crippen LogP contribution in [0.15, 0.2) is 170 Å². The molecule has 0 N–H and O–H groups in total. The molecule has 0 fully saturated rings. The van der Waals surface area contributed by atoms with Crippen molar-refractivity contribution in [3.63, 3.8) is 0 Å². The van der Waals surface area contributed by atoms with Gasteiger partial charge >= 0.3 is 0 Å². The molecule has 0 bridgehead atoms. The summed E-state index contributed by atoms with van der Waals surface area (Å²) in [6.45, 7) is 15.3. The Balaban J connectivity index is 1.07. The fourth-order valence-corrected chi connectivity index (χ4v) is 8.37. The van der Waals surface area contributed by atoms with Crippen molar-refractivity contribution < 1.29 is 4.74 Å². The SMILES string of the molecule is C=C(/C=C\C(=C)c1c2ccccc2c(/C(C)=C/C=C\C)c2ccccc12)/C(C)=C/C=C1\Cc2ccc3cc4sc5ccccc5c4cc3c2O1. The van der Waals surface area contributed by atoms with Gasteiger partial charge in [-0.1, -0.05) is 128 Å². The van der Waals surface area contributed by atoms with E-state index in [2.05, 4.69) is 167 Å². The minimum atomic E-state index is 0.774. The predicted molar refractivity (Wildman–Crippen MR) is 220 cm³/mol. The molecule has 0 unspecified atom stereocenters. The van der Waals surface area contributed by atoms with Crippen LogP contribution in [0.25, 0.3) is 63.6 Å². The number of thiophene rings is 1. The van der Waals surface area contributed by atoms with Crippen LogP contribution < -0.4 is 4.74 Å². The van der Waals surface area contributed by atoms with Crippen molar-refractivity contribution in [3.8, 4) is 5.75 Å². The zero-order chi connectivity index (χ0) is 34.4. The first-order chi connectivity index (χ1) is 24.4. The molecule has 242 valence electrons. The van der Waals surface area contributed by atoms with E-state index in [-0.39, 0.29) is 0 Å². The zero-order valence-electron chi connectivity index (χ0n) is 28.7. The lowest BCUT2D eigenvalue weighted by molar-refractivity contribution is 0.451. The van der Waals surface area contributed by atoms with Crippen LogP contribution in [-0.4, -0.2) is 0 Å². The Morgan fingerprint density at radius 2 is 1.34 bits per heavy atom. The first-order valence-corrected chi connectivity index (χ1v) is 17.9. The van der Waals surface area contributed by atoms with E-state index < -0.39 is 0 Å². The highest BCUT2D eigenvalue weighted by atomic mass is 32.1. The van der Waals surface area contributed by atoms with E-state index in [0.29, 0.717) is 0 Å². The number of rotatable bonds is 7. The van der Waals surface area contributed by atoms with Crippen molar-refractivity contribution in [3.05, 3.63) is 186 Å². The lowest BCUT2D eigenvalue weighted by atomic mass is 9.86. The fourth-order valence-electron chi connectivity index (χ4n) is 7.23. The van der Waals surface area contributed by atoms with Crippen LogP contribution in [0.1, 0.15) is 37.5 Å². The first kappa shape index (κ1) is 31.6. The van der Waals surface area contributed by atoms with Gasteiger partial charge in [0.05, 0.1) is 0 Å². The van der Waals surface area contributed by atoms with E-state index in [1.807, 2.05) is 18.3 Å². The number of hydrogen-bond donors (Lipinski definition) is 0. The maximum Gasteiger partial charge on any atom is 0.138 e. The van der Waals surface area contributed by atoms with E-state index in [0.717, 1.165) is 40.2 Å². The average molecular weight is 663 g/mol. The van der Waals surface area contributed by atoms with Crippen LogP contribution in [0, 0.1) is 0 Å². The van der Waals surface area contributed by atoms with Crippen LogP contribution in [0.3, 0.4) is 0 Å². The molecule has 0 saturated carbocycles. The highest BCUT2D eigenvalue weighted by molar-refractivity contribution is 7.25. The molecule has 0 spiro atoms. The second kappa shape index (κ2) is 13.0. The summed E-state index contributed by atoms with van der Waals surface area (Å²) in [5, 5.41) is 9.84. The smallest absolute Gasteiger partial charge is 0.138 e. The number of allylic oxidation sites excluding steroid dienone is 12. The molecule has 8 rings (SSSR count). The van der Waals surface area contributed by atoms with Crippen molar-refractivity contribution in [2.75, 3.05) is 0 Å². The molecular weight excluding hydrogens is 625 g/mol. The molecule has 50 heavy (non-hydrogen) atoms. The molecular formula is C48H38OS. The third-order valence-corrected chi connectivity index (χ3v) is 11.0. The number of fused-ring (bicyclic) bond motifs is 8. The van der Waals surface area contributed by atoms with Crippen LogP contribution in [0.5, 0.6) is 5.75 Å². The van der Waals surface area contributed by atoms with Crippen molar-refractivity contribution in [1.29, 1.82) is 0 Å². The minimum Gasteiger partial charge on any atom is -0.460 e. The highest BCUT2D eigenvalue weighted by Gasteiger charge is 2.21. The van der Waals surface area contributed by atoms with Gasteiger partial charge in [0.15, 0.2) is 0 Å². The van der Waals surface area contributed by atoms with Crippen LogP contribution in [0.2, 0.25) is 0 Å². The molecule has 2 heteroatoms. The molecule has 1 aromatic heterocycles. The summed E-state index contributed by atoms with van der Waals surface area (Å²) >= 11 is 1.85. The second-order valence-corrected chi connectivity index (χ2v) is 14.2. The maximum atomic E-state index is 6.52. The summed E-state index contributed by atoms with van der Waals surface area (Å²) in [7, 11) is 0. The van der Waals surface area contributed by atoms with Crippen LogP contribution in [0.4, 0.5) is 0 Å². The molecule has 1 nitrogen and oxygen atoms in total. The van der Waals surface area contributed by atoms with Gasteiger partial charge in [-0.3, -0.25) is 0 Å². The predicted octanol–water partition coefficient (Wildman–Crippen LogP) is 14.1. The summed E-state index contributed by atoms with van der Waals surface area (Å²) in [5.41, 5.74) is 7.86. The normalized spacial score (nSPS) is 14.7. The topological polar surface area (TPSA) is 9.23 Å². The van der Waals surface area contributed by atoms with Gasteiger partial charge in [-0.2, -0.15) is 0 Å². The number of benzene rings is 6. The van der Waals surface area contributed by atoms with Crippen molar-refractivity contribution in [2.45, 2.75) is 27.2 Å². The molecule has 0 amide bonds. The lowest BCUT2D eigenvalue weighted by Gasteiger charge is -2.17. The van der Waals surface area contributed by atoms with E-state index >= 15 is 0 Å². The molecule has 0 saturated heterocycles. The number of hydrogen-bond acceptors (Lipinski definition) is 2. The van der Waals surface area contributed by atoms with E-state index in [1.165, 1.54) is 69.2 Å². The van der Waals surface area contributed by atoms with Crippen molar-refractivity contribution in [1.82, 2.24) is 0 Å². The Labute approximate surface area is 297 Å². The van der Waals surface area contributed by atoms with Gasteiger partial charge < -0.3 is 4.74 Å². The highest BCUT2D eigenvalue weighted by Crippen LogP contribution is 2.43. The van der Waals surface area contributed by atoms with Gasteiger partial charge in [-0.25, -0.2) is 0 Å². The molecule has 1 aliphatic rings. The van der Waals surface area contributed by atoms with Crippen molar-refractivity contribution in [2.24, 2.45) is 0 Å². The van der Waals surface area contributed by atoms with Crippen molar-refractivity contribution >= 4 is 75.0 Å². The summed E-state index contributed by atoms with van der Waals surface area (Å²) in [6, 6.07) is 35.0. The Morgan fingerprint density at radius 3 is 2.04 bits per heavy atom. The molecule has 0 atom stereocenters. The first-order valence-electron chi connectivity index (χ1n) is 17.1. The third kappa shape index (κ3) is 5.52. The second-order valence-electron chi connectivity index (χ2n) is 13.1. The van der Waals surface area contributed by atoms with Gasteiger partial charge in [-0.15, -0.1) is 11.3 Å². The summed E-state index contributed by atoms with van der Waals surface area (Å²) in [6.07, 6.45) is 15.5. The van der Waals surface area contributed by atoms with Gasteiger partial charge in [0.25, 0.3) is 0 Å². The maximum absolute atomic E-state index is 6.52. The third-order valence-electron chi connectivity index (χ3n) is 9.84. The van der Waals surface area contributed by atoms with Gasteiger partial charge in [0.2, 0.25) is 0 Å². The Kier molecular flexibility index (Phi) is 8.18. The minimum absolute atomic E-state index is 0.774. The fraction of sp³-hybridized carbons (Fsp3) is 0.0833.